The Morgan fingerprint density at radius 1 is 1.24 bits per heavy atom. The molecule has 3 aromatic rings. The summed E-state index contributed by atoms with van der Waals surface area (Å²) >= 11 is 10.1. The van der Waals surface area contributed by atoms with Gasteiger partial charge in [0.05, 0.1) is 33.6 Å². The standard InChI is InChI=1S/C25H25BrClFN4O/c1-13(18-10-17(26)6-7-20(18)28)32-23-19-9-15(5-8-21(19)31-14(2)22(23)27)16-11-29-24(30-12-16)25(3,4)33/h5-13,24,29,33H,1-4H3,(H,31,32)/t13-,24?/m1/s1. The fourth-order valence-electron chi connectivity index (χ4n) is 3.77. The Hall–Kier alpha value is -2.48. The molecule has 5 nitrogen and oxygen atoms in total. The number of fused-ring (bicyclic) bond motifs is 1. The van der Waals surface area contributed by atoms with Crippen LogP contribution in [-0.4, -0.2) is 28.1 Å². The zero-order chi connectivity index (χ0) is 23.9. The molecule has 33 heavy (non-hydrogen) atoms. The Bertz CT molecular complexity index is 1290. The molecule has 172 valence electrons. The molecular formula is C25H25BrClFN4O. The molecular weight excluding hydrogens is 507 g/mol. The average molecular weight is 532 g/mol. The van der Waals surface area contributed by atoms with Gasteiger partial charge in [-0.25, -0.2) is 4.39 Å². The van der Waals surface area contributed by atoms with E-state index in [1.165, 1.54) is 6.07 Å². The van der Waals surface area contributed by atoms with Crippen LogP contribution in [0.25, 0.3) is 16.5 Å². The number of nitrogens with one attached hydrogen (secondary N) is 2. The Labute approximate surface area is 205 Å². The molecule has 0 spiro atoms. The molecule has 0 saturated heterocycles. The highest BCUT2D eigenvalue weighted by atomic mass is 79.9. The van der Waals surface area contributed by atoms with Gasteiger partial charge in [0.2, 0.25) is 0 Å². The zero-order valence-corrected chi connectivity index (χ0v) is 21.1. The lowest BCUT2D eigenvalue weighted by atomic mass is 10.0. The van der Waals surface area contributed by atoms with E-state index in [1.807, 2.05) is 38.2 Å². The van der Waals surface area contributed by atoms with Crippen LogP contribution in [0.4, 0.5) is 10.1 Å². The summed E-state index contributed by atoms with van der Waals surface area (Å²) in [6.07, 6.45) is 3.17. The van der Waals surface area contributed by atoms with Crippen molar-refractivity contribution in [2.24, 2.45) is 4.99 Å². The van der Waals surface area contributed by atoms with Gasteiger partial charge in [0, 0.05) is 33.4 Å². The molecule has 2 atom stereocenters. The van der Waals surface area contributed by atoms with Crippen molar-refractivity contribution in [2.75, 3.05) is 5.32 Å². The number of hydrogen-bond acceptors (Lipinski definition) is 5. The lowest BCUT2D eigenvalue weighted by molar-refractivity contribution is 0.0458. The van der Waals surface area contributed by atoms with Gasteiger partial charge in [-0.2, -0.15) is 0 Å². The lowest BCUT2D eigenvalue weighted by Crippen LogP contribution is -2.44. The summed E-state index contributed by atoms with van der Waals surface area (Å²) in [5.41, 5.74) is 3.50. The van der Waals surface area contributed by atoms with Crippen molar-refractivity contribution >= 4 is 55.9 Å². The molecule has 1 aromatic heterocycles. The fraction of sp³-hybridized carbons (Fsp3) is 0.280. The van der Waals surface area contributed by atoms with Gasteiger partial charge in [-0.05, 0) is 63.6 Å². The van der Waals surface area contributed by atoms with Crippen LogP contribution < -0.4 is 10.6 Å². The third kappa shape index (κ3) is 4.90. The number of aliphatic imine (C=N–C) groups is 1. The van der Waals surface area contributed by atoms with Crippen molar-refractivity contribution in [1.29, 1.82) is 0 Å². The number of allylic oxidation sites excluding steroid dienone is 1. The van der Waals surface area contributed by atoms with E-state index in [1.54, 1.807) is 32.2 Å². The van der Waals surface area contributed by atoms with Crippen LogP contribution in [-0.2, 0) is 0 Å². The maximum atomic E-state index is 14.5. The topological polar surface area (TPSA) is 69.5 Å². The molecule has 0 fully saturated rings. The number of hydrogen-bond donors (Lipinski definition) is 3. The van der Waals surface area contributed by atoms with Gasteiger partial charge in [-0.3, -0.25) is 9.98 Å². The first-order valence-corrected chi connectivity index (χ1v) is 11.7. The Kier molecular flexibility index (Phi) is 6.49. The molecule has 2 heterocycles. The highest BCUT2D eigenvalue weighted by molar-refractivity contribution is 9.10. The van der Waals surface area contributed by atoms with Gasteiger partial charge in [0.25, 0.3) is 0 Å². The number of aliphatic hydroxyl groups is 1. The van der Waals surface area contributed by atoms with Gasteiger partial charge in [-0.15, -0.1) is 0 Å². The van der Waals surface area contributed by atoms with Crippen molar-refractivity contribution in [3.05, 3.63) is 74.7 Å². The highest BCUT2D eigenvalue weighted by Crippen LogP contribution is 2.37. The summed E-state index contributed by atoms with van der Waals surface area (Å²) < 4.78 is 15.3. The number of nitrogens with zero attached hydrogens (tertiary/aromatic N) is 2. The molecule has 1 aliphatic heterocycles. The second kappa shape index (κ2) is 9.05. The Morgan fingerprint density at radius 2 is 2.00 bits per heavy atom. The number of aryl methyl sites for hydroxylation is 1. The van der Waals surface area contributed by atoms with Crippen molar-refractivity contribution in [1.82, 2.24) is 10.3 Å². The minimum Gasteiger partial charge on any atom is -0.386 e. The van der Waals surface area contributed by atoms with Crippen LogP contribution >= 0.6 is 27.5 Å². The van der Waals surface area contributed by atoms with E-state index < -0.39 is 11.8 Å². The van der Waals surface area contributed by atoms with E-state index in [9.17, 15) is 9.50 Å². The fourth-order valence-corrected chi connectivity index (χ4v) is 4.35. The molecule has 2 aromatic carbocycles. The monoisotopic (exact) mass is 530 g/mol. The van der Waals surface area contributed by atoms with Crippen molar-refractivity contribution in [3.63, 3.8) is 0 Å². The normalized spacial score (nSPS) is 17.0. The summed E-state index contributed by atoms with van der Waals surface area (Å²) in [4.78, 5) is 9.06. The predicted molar refractivity (Wildman–Crippen MR) is 137 cm³/mol. The number of rotatable bonds is 5. The van der Waals surface area contributed by atoms with Crippen LogP contribution in [0.2, 0.25) is 5.02 Å². The zero-order valence-electron chi connectivity index (χ0n) is 18.7. The van der Waals surface area contributed by atoms with E-state index in [2.05, 4.69) is 36.5 Å². The van der Waals surface area contributed by atoms with Gasteiger partial charge >= 0.3 is 0 Å². The molecule has 8 heteroatoms. The maximum absolute atomic E-state index is 14.5. The Morgan fingerprint density at radius 3 is 2.67 bits per heavy atom. The van der Waals surface area contributed by atoms with E-state index >= 15 is 0 Å². The second-order valence-electron chi connectivity index (χ2n) is 8.75. The smallest absolute Gasteiger partial charge is 0.146 e. The van der Waals surface area contributed by atoms with E-state index in [0.717, 1.165) is 26.5 Å². The number of halogens is 3. The number of anilines is 1. The number of aromatic nitrogens is 1. The lowest BCUT2D eigenvalue weighted by Gasteiger charge is -2.28. The van der Waals surface area contributed by atoms with Crippen LogP contribution in [0, 0.1) is 12.7 Å². The summed E-state index contributed by atoms with van der Waals surface area (Å²) in [5, 5.41) is 18.0. The van der Waals surface area contributed by atoms with Crippen molar-refractivity contribution in [3.8, 4) is 0 Å². The number of benzene rings is 2. The first-order chi connectivity index (χ1) is 15.5. The molecule has 0 bridgehead atoms. The molecule has 0 radical (unpaired) electrons. The first-order valence-electron chi connectivity index (χ1n) is 10.6. The van der Waals surface area contributed by atoms with Gasteiger partial charge in [0.15, 0.2) is 0 Å². The molecule has 4 rings (SSSR count). The molecule has 0 amide bonds. The maximum Gasteiger partial charge on any atom is 0.146 e. The van der Waals surface area contributed by atoms with Crippen molar-refractivity contribution in [2.45, 2.75) is 45.5 Å². The molecule has 0 aliphatic carbocycles. The van der Waals surface area contributed by atoms with Gasteiger partial charge in [-0.1, -0.05) is 33.6 Å². The van der Waals surface area contributed by atoms with E-state index in [-0.39, 0.29) is 11.9 Å². The summed E-state index contributed by atoms with van der Waals surface area (Å²) in [6, 6.07) is 10.4. The predicted octanol–water partition coefficient (Wildman–Crippen LogP) is 6.38. The van der Waals surface area contributed by atoms with Crippen LogP contribution in [0.1, 0.15) is 43.6 Å². The van der Waals surface area contributed by atoms with Gasteiger partial charge < -0.3 is 15.7 Å². The molecule has 0 saturated carbocycles. The van der Waals surface area contributed by atoms with E-state index in [0.29, 0.717) is 22.0 Å². The van der Waals surface area contributed by atoms with Crippen LogP contribution in [0.15, 0.2) is 52.1 Å². The minimum atomic E-state index is -0.980. The summed E-state index contributed by atoms with van der Waals surface area (Å²) in [7, 11) is 0. The van der Waals surface area contributed by atoms with Crippen molar-refractivity contribution < 1.29 is 9.50 Å². The van der Waals surface area contributed by atoms with Crippen LogP contribution in [0.5, 0.6) is 0 Å². The third-order valence-corrected chi connectivity index (χ3v) is 6.59. The summed E-state index contributed by atoms with van der Waals surface area (Å²) in [6.45, 7) is 7.16. The Balaban J connectivity index is 1.74. The highest BCUT2D eigenvalue weighted by Gasteiger charge is 2.26. The second-order valence-corrected chi connectivity index (χ2v) is 10.0. The minimum absolute atomic E-state index is 0.291. The third-order valence-electron chi connectivity index (χ3n) is 5.64. The summed E-state index contributed by atoms with van der Waals surface area (Å²) in [5.74, 6) is -0.291. The first kappa shape index (κ1) is 23.7. The van der Waals surface area contributed by atoms with E-state index in [4.69, 9.17) is 11.6 Å². The molecule has 3 N–H and O–H groups in total. The molecule has 1 aliphatic rings. The average Bonchev–Trinajstić information content (AvgIpc) is 2.77. The quantitative estimate of drug-likeness (QED) is 0.357. The van der Waals surface area contributed by atoms with Gasteiger partial charge in [0.1, 0.15) is 12.0 Å². The van der Waals surface area contributed by atoms with Crippen LogP contribution in [0.3, 0.4) is 0 Å². The number of pyridine rings is 1. The molecule has 1 unspecified atom stereocenters. The largest absolute Gasteiger partial charge is 0.386 e. The SMILES string of the molecule is Cc1nc2ccc(C3=CNC(C(C)(C)O)N=C3)cc2c(N[C@H](C)c2cc(Br)ccc2F)c1Cl.